The molecule has 1 heterocycles. The lowest BCUT2D eigenvalue weighted by Gasteiger charge is -2.36. The number of halogens is 1. The van der Waals surface area contributed by atoms with Crippen LogP contribution >= 0.6 is 15.9 Å². The van der Waals surface area contributed by atoms with E-state index in [0.717, 1.165) is 30.4 Å². The number of carbonyl (C=O) groups is 1. The topological polar surface area (TPSA) is 40.5 Å². The molecule has 1 N–H and O–H groups in total. The van der Waals surface area contributed by atoms with Crippen molar-refractivity contribution in [3.8, 4) is 0 Å². The molecule has 1 aliphatic heterocycles. The summed E-state index contributed by atoms with van der Waals surface area (Å²) in [6, 6.07) is 7.75. The van der Waals surface area contributed by atoms with Gasteiger partial charge in [-0.1, -0.05) is 35.0 Å². The third kappa shape index (κ3) is 3.33. The van der Waals surface area contributed by atoms with Gasteiger partial charge in [-0.3, -0.25) is 9.69 Å². The second kappa shape index (κ2) is 5.85. The number of rotatable bonds is 3. The zero-order valence-corrected chi connectivity index (χ0v) is 12.1. The van der Waals surface area contributed by atoms with Crippen molar-refractivity contribution in [1.82, 2.24) is 4.90 Å². The molecule has 4 heteroatoms. The van der Waals surface area contributed by atoms with Crippen molar-refractivity contribution in [3.05, 3.63) is 34.3 Å². The Hall–Kier alpha value is -0.870. The number of carboxylic acid groups (broad SMARTS) is 1. The van der Waals surface area contributed by atoms with Crippen LogP contribution in [0.4, 0.5) is 0 Å². The fraction of sp³-hybridized carbons (Fsp3) is 0.500. The first-order valence-corrected chi connectivity index (χ1v) is 7.07. The molecule has 1 fully saturated rings. The van der Waals surface area contributed by atoms with Gasteiger partial charge in [-0.15, -0.1) is 0 Å². The van der Waals surface area contributed by atoms with Crippen molar-refractivity contribution in [1.29, 1.82) is 0 Å². The van der Waals surface area contributed by atoms with E-state index in [0.29, 0.717) is 5.92 Å². The van der Waals surface area contributed by atoms with E-state index in [1.807, 2.05) is 24.3 Å². The van der Waals surface area contributed by atoms with Gasteiger partial charge in [0, 0.05) is 11.0 Å². The second-order valence-electron chi connectivity index (χ2n) is 5.08. The summed E-state index contributed by atoms with van der Waals surface area (Å²) in [4.78, 5) is 13.4. The van der Waals surface area contributed by atoms with Gasteiger partial charge in [0.05, 0.1) is 0 Å². The van der Waals surface area contributed by atoms with Crippen LogP contribution in [0, 0.1) is 5.92 Å². The molecule has 2 rings (SSSR count). The van der Waals surface area contributed by atoms with E-state index in [1.54, 1.807) is 0 Å². The van der Waals surface area contributed by atoms with Gasteiger partial charge < -0.3 is 5.11 Å². The van der Waals surface area contributed by atoms with Crippen LogP contribution in [0.3, 0.4) is 0 Å². The number of hydrogen-bond acceptors (Lipinski definition) is 2. The third-order valence-corrected chi connectivity index (χ3v) is 4.09. The molecule has 1 aromatic carbocycles. The van der Waals surface area contributed by atoms with Gasteiger partial charge in [-0.05, 0) is 43.0 Å². The summed E-state index contributed by atoms with van der Waals surface area (Å²) in [5.74, 6) is -0.189. The standard InChI is InChI=1S/C14H18BrNO2/c1-10-6-7-16(13(8-10)14(17)18)9-11-2-4-12(15)5-3-11/h2-5,10,13H,6-9H2,1H3,(H,17,18). The van der Waals surface area contributed by atoms with Crippen molar-refractivity contribution in [2.45, 2.75) is 32.4 Å². The van der Waals surface area contributed by atoms with Crippen LogP contribution in [-0.2, 0) is 11.3 Å². The Bertz CT molecular complexity index is 418. The summed E-state index contributed by atoms with van der Waals surface area (Å²) in [6.45, 7) is 3.72. The highest BCUT2D eigenvalue weighted by Gasteiger charge is 2.31. The Morgan fingerprint density at radius 1 is 1.44 bits per heavy atom. The van der Waals surface area contributed by atoms with Crippen LogP contribution in [0.25, 0.3) is 0 Å². The first kappa shape index (κ1) is 13.6. The van der Waals surface area contributed by atoms with Gasteiger partial charge in [0.1, 0.15) is 6.04 Å². The minimum Gasteiger partial charge on any atom is -0.480 e. The Morgan fingerprint density at radius 3 is 2.72 bits per heavy atom. The summed E-state index contributed by atoms with van der Waals surface area (Å²) in [5, 5.41) is 9.30. The first-order chi connectivity index (χ1) is 8.56. The molecule has 0 aromatic heterocycles. The van der Waals surface area contributed by atoms with E-state index in [1.165, 1.54) is 5.56 Å². The number of benzene rings is 1. The second-order valence-corrected chi connectivity index (χ2v) is 6.00. The Labute approximate surface area is 116 Å². The normalized spacial score (nSPS) is 25.0. The number of carboxylic acids is 1. The number of nitrogens with zero attached hydrogens (tertiary/aromatic N) is 1. The van der Waals surface area contributed by atoms with Crippen molar-refractivity contribution >= 4 is 21.9 Å². The summed E-state index contributed by atoms with van der Waals surface area (Å²) in [6.07, 6.45) is 1.84. The first-order valence-electron chi connectivity index (χ1n) is 6.27. The fourth-order valence-electron chi connectivity index (χ4n) is 2.46. The molecular weight excluding hydrogens is 294 g/mol. The Kier molecular flexibility index (Phi) is 4.40. The Morgan fingerprint density at radius 2 is 2.11 bits per heavy atom. The summed E-state index contributed by atoms with van der Waals surface area (Å²) >= 11 is 3.41. The lowest BCUT2D eigenvalue weighted by Crippen LogP contribution is -2.46. The molecule has 1 aromatic rings. The van der Waals surface area contributed by atoms with Crippen LogP contribution in [0.5, 0.6) is 0 Å². The molecular formula is C14H18BrNO2. The number of aliphatic carboxylic acids is 1. The molecule has 2 atom stereocenters. The summed E-state index contributed by atoms with van der Waals surface area (Å²) in [5.41, 5.74) is 1.17. The van der Waals surface area contributed by atoms with Crippen LogP contribution < -0.4 is 0 Å². The molecule has 2 unspecified atom stereocenters. The highest BCUT2D eigenvalue weighted by molar-refractivity contribution is 9.10. The smallest absolute Gasteiger partial charge is 0.320 e. The largest absolute Gasteiger partial charge is 0.480 e. The monoisotopic (exact) mass is 311 g/mol. The van der Waals surface area contributed by atoms with E-state index >= 15 is 0 Å². The zero-order valence-electron chi connectivity index (χ0n) is 10.5. The molecule has 3 nitrogen and oxygen atoms in total. The predicted molar refractivity (Wildman–Crippen MR) is 74.4 cm³/mol. The van der Waals surface area contributed by atoms with E-state index in [2.05, 4.69) is 27.8 Å². The van der Waals surface area contributed by atoms with E-state index in [9.17, 15) is 9.90 Å². The van der Waals surface area contributed by atoms with Gasteiger partial charge in [0.2, 0.25) is 0 Å². The average molecular weight is 312 g/mol. The van der Waals surface area contributed by atoms with Crippen molar-refractivity contribution in [2.24, 2.45) is 5.92 Å². The fourth-order valence-corrected chi connectivity index (χ4v) is 2.73. The summed E-state index contributed by atoms with van der Waals surface area (Å²) < 4.78 is 1.05. The van der Waals surface area contributed by atoms with Crippen molar-refractivity contribution in [2.75, 3.05) is 6.54 Å². The minimum absolute atomic E-state index is 0.336. The molecule has 0 aliphatic carbocycles. The van der Waals surface area contributed by atoms with E-state index in [4.69, 9.17) is 0 Å². The number of likely N-dealkylation sites (tertiary alicyclic amines) is 1. The summed E-state index contributed by atoms with van der Waals surface area (Å²) in [7, 11) is 0. The van der Waals surface area contributed by atoms with Crippen LogP contribution in [0.15, 0.2) is 28.7 Å². The minimum atomic E-state index is -0.696. The van der Waals surface area contributed by atoms with Crippen LogP contribution in [0.2, 0.25) is 0 Å². The van der Waals surface area contributed by atoms with Gasteiger partial charge in [0.15, 0.2) is 0 Å². The van der Waals surface area contributed by atoms with Crippen LogP contribution in [-0.4, -0.2) is 28.6 Å². The van der Waals surface area contributed by atoms with Crippen molar-refractivity contribution < 1.29 is 9.90 Å². The van der Waals surface area contributed by atoms with Crippen LogP contribution in [0.1, 0.15) is 25.3 Å². The predicted octanol–water partition coefficient (Wildman–Crippen LogP) is 3.13. The molecule has 1 aliphatic rings. The molecule has 98 valence electrons. The molecule has 0 amide bonds. The quantitative estimate of drug-likeness (QED) is 0.932. The molecule has 0 bridgehead atoms. The van der Waals surface area contributed by atoms with E-state index in [-0.39, 0.29) is 6.04 Å². The molecule has 18 heavy (non-hydrogen) atoms. The molecule has 0 saturated carbocycles. The maximum Gasteiger partial charge on any atom is 0.320 e. The van der Waals surface area contributed by atoms with E-state index < -0.39 is 5.97 Å². The maximum absolute atomic E-state index is 11.3. The van der Waals surface area contributed by atoms with Gasteiger partial charge in [-0.25, -0.2) is 0 Å². The molecule has 0 spiro atoms. The SMILES string of the molecule is CC1CCN(Cc2ccc(Br)cc2)C(C(=O)O)C1. The zero-order chi connectivity index (χ0) is 13.1. The molecule has 1 saturated heterocycles. The lowest BCUT2D eigenvalue weighted by atomic mass is 9.92. The Balaban J connectivity index is 2.06. The van der Waals surface area contributed by atoms with Gasteiger partial charge in [-0.2, -0.15) is 0 Å². The maximum atomic E-state index is 11.3. The number of hydrogen-bond donors (Lipinski definition) is 1. The van der Waals surface area contributed by atoms with Crippen molar-refractivity contribution in [3.63, 3.8) is 0 Å². The van der Waals surface area contributed by atoms with Gasteiger partial charge in [0.25, 0.3) is 0 Å². The highest BCUT2D eigenvalue weighted by atomic mass is 79.9. The number of piperidine rings is 1. The average Bonchev–Trinajstić information content (AvgIpc) is 2.34. The van der Waals surface area contributed by atoms with Gasteiger partial charge >= 0.3 is 5.97 Å². The lowest BCUT2D eigenvalue weighted by molar-refractivity contribution is -0.145. The molecule has 0 radical (unpaired) electrons. The highest BCUT2D eigenvalue weighted by Crippen LogP contribution is 2.24. The third-order valence-electron chi connectivity index (χ3n) is 3.56.